The highest BCUT2D eigenvalue weighted by molar-refractivity contribution is 5.78. The van der Waals surface area contributed by atoms with Crippen LogP contribution in [0.2, 0.25) is 0 Å². The molecule has 0 bridgehead atoms. The molecule has 2 heterocycles. The maximum atomic E-state index is 11.6. The third-order valence-corrected chi connectivity index (χ3v) is 3.53. The highest BCUT2D eigenvalue weighted by Crippen LogP contribution is 2.33. The van der Waals surface area contributed by atoms with Gasteiger partial charge in [0.15, 0.2) is 0 Å². The second kappa shape index (κ2) is 4.69. The maximum absolute atomic E-state index is 11.6. The van der Waals surface area contributed by atoms with Crippen LogP contribution in [0.25, 0.3) is 0 Å². The molecule has 2 aliphatic heterocycles. The van der Waals surface area contributed by atoms with Crippen molar-refractivity contribution >= 4 is 5.91 Å². The van der Waals surface area contributed by atoms with Crippen LogP contribution >= 0.6 is 0 Å². The Hall–Kier alpha value is -0.650. The molecule has 16 heavy (non-hydrogen) atoms. The van der Waals surface area contributed by atoms with Gasteiger partial charge in [-0.3, -0.25) is 4.79 Å². The molecular weight excluding hydrogens is 208 g/mol. The number of piperidine rings is 1. The molecule has 5 nitrogen and oxygen atoms in total. The first-order valence-corrected chi connectivity index (χ1v) is 5.95. The van der Waals surface area contributed by atoms with Gasteiger partial charge in [0.05, 0.1) is 18.2 Å². The fourth-order valence-electron chi connectivity index (χ4n) is 2.73. The number of ether oxygens (including phenoxy) is 1. The molecule has 0 aromatic heterocycles. The average molecular weight is 228 g/mol. The Morgan fingerprint density at radius 2 is 2.44 bits per heavy atom. The lowest BCUT2D eigenvalue weighted by Crippen LogP contribution is -2.56. The standard InChI is InChI=1S/C11H20N2O3/c12-7-10(15)13-4-1-3-11(8-13)6-9(14)2-5-16-11/h9,14H,1-8,12H2/t9-,11+/m1/s1. The zero-order valence-electron chi connectivity index (χ0n) is 9.52. The molecule has 2 saturated heterocycles. The van der Waals surface area contributed by atoms with E-state index in [1.54, 1.807) is 4.90 Å². The molecule has 92 valence electrons. The number of carbonyl (C=O) groups is 1. The first-order chi connectivity index (χ1) is 7.65. The van der Waals surface area contributed by atoms with E-state index in [2.05, 4.69) is 0 Å². The second-order valence-corrected chi connectivity index (χ2v) is 4.80. The summed E-state index contributed by atoms with van der Waals surface area (Å²) in [5, 5.41) is 9.70. The normalized spacial score (nSPS) is 35.4. The predicted molar refractivity (Wildman–Crippen MR) is 58.8 cm³/mol. The summed E-state index contributed by atoms with van der Waals surface area (Å²) in [5.74, 6) is -0.0252. The molecule has 0 aromatic rings. The van der Waals surface area contributed by atoms with E-state index in [0.717, 1.165) is 19.4 Å². The van der Waals surface area contributed by atoms with Crippen molar-refractivity contribution in [3.8, 4) is 0 Å². The molecule has 2 rings (SSSR count). The molecule has 0 aliphatic carbocycles. The molecule has 1 amide bonds. The number of amides is 1. The molecule has 0 radical (unpaired) electrons. The minimum absolute atomic E-state index is 0.0252. The van der Waals surface area contributed by atoms with Gasteiger partial charge in [-0.05, 0) is 19.3 Å². The van der Waals surface area contributed by atoms with Crippen molar-refractivity contribution in [2.75, 3.05) is 26.2 Å². The number of aliphatic hydroxyl groups excluding tert-OH is 1. The Labute approximate surface area is 95.5 Å². The van der Waals surface area contributed by atoms with Crippen molar-refractivity contribution in [3.05, 3.63) is 0 Å². The Morgan fingerprint density at radius 1 is 1.62 bits per heavy atom. The van der Waals surface area contributed by atoms with Gasteiger partial charge in [0.25, 0.3) is 0 Å². The molecule has 2 aliphatic rings. The fraction of sp³-hybridized carbons (Fsp3) is 0.909. The lowest BCUT2D eigenvalue weighted by molar-refractivity contribution is -0.160. The largest absolute Gasteiger partial charge is 0.393 e. The summed E-state index contributed by atoms with van der Waals surface area (Å²) in [5.41, 5.74) is 5.05. The molecule has 5 heteroatoms. The Bertz CT molecular complexity index is 268. The van der Waals surface area contributed by atoms with E-state index in [0.29, 0.717) is 26.0 Å². The van der Waals surface area contributed by atoms with Gasteiger partial charge in [-0.1, -0.05) is 0 Å². The Morgan fingerprint density at radius 3 is 3.12 bits per heavy atom. The van der Waals surface area contributed by atoms with E-state index in [-0.39, 0.29) is 24.2 Å². The van der Waals surface area contributed by atoms with Gasteiger partial charge >= 0.3 is 0 Å². The lowest BCUT2D eigenvalue weighted by atomic mass is 9.84. The van der Waals surface area contributed by atoms with Crippen molar-refractivity contribution in [2.45, 2.75) is 37.4 Å². The van der Waals surface area contributed by atoms with E-state index in [1.807, 2.05) is 0 Å². The van der Waals surface area contributed by atoms with Gasteiger partial charge in [-0.25, -0.2) is 0 Å². The molecule has 0 aromatic carbocycles. The Kier molecular flexibility index (Phi) is 3.47. The summed E-state index contributed by atoms with van der Waals surface area (Å²) in [6.45, 7) is 1.99. The van der Waals surface area contributed by atoms with E-state index >= 15 is 0 Å². The number of rotatable bonds is 1. The third-order valence-electron chi connectivity index (χ3n) is 3.53. The van der Waals surface area contributed by atoms with Crippen molar-refractivity contribution < 1.29 is 14.6 Å². The van der Waals surface area contributed by atoms with Gasteiger partial charge < -0.3 is 20.5 Å². The highest BCUT2D eigenvalue weighted by atomic mass is 16.5. The summed E-state index contributed by atoms with van der Waals surface area (Å²) in [6.07, 6.45) is 2.91. The number of carbonyl (C=O) groups excluding carboxylic acids is 1. The van der Waals surface area contributed by atoms with Crippen LogP contribution < -0.4 is 5.73 Å². The van der Waals surface area contributed by atoms with Gasteiger partial charge in [0.2, 0.25) is 5.91 Å². The van der Waals surface area contributed by atoms with Crippen LogP contribution in [-0.4, -0.2) is 53.9 Å². The summed E-state index contributed by atoms with van der Waals surface area (Å²) in [4.78, 5) is 13.3. The van der Waals surface area contributed by atoms with E-state index < -0.39 is 0 Å². The van der Waals surface area contributed by atoms with E-state index in [4.69, 9.17) is 10.5 Å². The van der Waals surface area contributed by atoms with Crippen molar-refractivity contribution in [1.29, 1.82) is 0 Å². The highest BCUT2D eigenvalue weighted by Gasteiger charge is 2.41. The van der Waals surface area contributed by atoms with Crippen LogP contribution in [0, 0.1) is 0 Å². The van der Waals surface area contributed by atoms with Gasteiger partial charge in [0, 0.05) is 26.1 Å². The van der Waals surface area contributed by atoms with Crippen LogP contribution in [0.5, 0.6) is 0 Å². The number of nitrogens with zero attached hydrogens (tertiary/aromatic N) is 1. The summed E-state index contributed by atoms with van der Waals surface area (Å²) in [7, 11) is 0. The number of likely N-dealkylation sites (tertiary alicyclic amines) is 1. The molecule has 3 N–H and O–H groups in total. The van der Waals surface area contributed by atoms with Crippen LogP contribution in [-0.2, 0) is 9.53 Å². The third kappa shape index (κ3) is 2.36. The quantitative estimate of drug-likeness (QED) is 0.633. The predicted octanol–water partition coefficient (Wildman–Crippen LogP) is -0.522. The van der Waals surface area contributed by atoms with E-state index in [1.165, 1.54) is 0 Å². The zero-order valence-corrected chi connectivity index (χ0v) is 9.52. The molecule has 0 unspecified atom stereocenters. The van der Waals surface area contributed by atoms with Crippen molar-refractivity contribution in [2.24, 2.45) is 5.73 Å². The number of hydrogen-bond acceptors (Lipinski definition) is 4. The number of nitrogens with two attached hydrogens (primary N) is 1. The van der Waals surface area contributed by atoms with Crippen LogP contribution in [0.4, 0.5) is 0 Å². The van der Waals surface area contributed by atoms with Crippen molar-refractivity contribution in [3.63, 3.8) is 0 Å². The molecule has 2 atom stereocenters. The Balaban J connectivity index is 2.02. The first kappa shape index (κ1) is 11.8. The van der Waals surface area contributed by atoms with Crippen LogP contribution in [0.15, 0.2) is 0 Å². The minimum Gasteiger partial charge on any atom is -0.393 e. The molecule has 1 spiro atoms. The first-order valence-electron chi connectivity index (χ1n) is 5.95. The smallest absolute Gasteiger partial charge is 0.236 e. The number of hydrogen-bond donors (Lipinski definition) is 2. The van der Waals surface area contributed by atoms with Gasteiger partial charge in [0.1, 0.15) is 0 Å². The zero-order chi connectivity index (χ0) is 11.6. The van der Waals surface area contributed by atoms with E-state index in [9.17, 15) is 9.90 Å². The average Bonchev–Trinajstić information content (AvgIpc) is 2.28. The monoisotopic (exact) mass is 228 g/mol. The SMILES string of the molecule is NCC(=O)N1CCC[C@]2(C[C@H](O)CCO2)C1. The van der Waals surface area contributed by atoms with Crippen LogP contribution in [0.1, 0.15) is 25.7 Å². The topological polar surface area (TPSA) is 75.8 Å². The summed E-state index contributed by atoms with van der Waals surface area (Å²) in [6, 6.07) is 0. The maximum Gasteiger partial charge on any atom is 0.236 e. The minimum atomic E-state index is -0.319. The van der Waals surface area contributed by atoms with Crippen LogP contribution in [0.3, 0.4) is 0 Å². The summed E-state index contributed by atoms with van der Waals surface area (Å²) < 4.78 is 5.81. The fourth-order valence-corrected chi connectivity index (χ4v) is 2.73. The van der Waals surface area contributed by atoms with Crippen molar-refractivity contribution in [1.82, 2.24) is 4.90 Å². The molecule has 2 fully saturated rings. The number of aliphatic hydroxyl groups is 1. The molecule has 0 saturated carbocycles. The van der Waals surface area contributed by atoms with Gasteiger partial charge in [-0.15, -0.1) is 0 Å². The second-order valence-electron chi connectivity index (χ2n) is 4.80. The van der Waals surface area contributed by atoms with Gasteiger partial charge in [-0.2, -0.15) is 0 Å². The summed E-state index contributed by atoms with van der Waals surface area (Å²) >= 11 is 0. The molecular formula is C11H20N2O3. The lowest BCUT2D eigenvalue weighted by Gasteiger charge is -2.46.